The molecule has 0 atom stereocenters. The first-order chi connectivity index (χ1) is 12.7. The lowest BCUT2D eigenvalue weighted by atomic mass is 10.2. The Morgan fingerprint density at radius 2 is 1.93 bits per heavy atom. The number of nitrogens with one attached hydrogen (secondary N) is 2. The van der Waals surface area contributed by atoms with E-state index in [0.29, 0.717) is 5.69 Å². The molecule has 0 radical (unpaired) electrons. The van der Waals surface area contributed by atoms with Gasteiger partial charge in [0.15, 0.2) is 5.75 Å². The van der Waals surface area contributed by atoms with Gasteiger partial charge in [-0.2, -0.15) is 0 Å². The number of sulfonamides is 1. The molecule has 0 aromatic heterocycles. The van der Waals surface area contributed by atoms with Crippen molar-refractivity contribution in [1.29, 1.82) is 0 Å². The Morgan fingerprint density at radius 1 is 1.22 bits per heavy atom. The average Bonchev–Trinajstić information content (AvgIpc) is 2.62. The highest BCUT2D eigenvalue weighted by Crippen LogP contribution is 2.29. The number of nitrogens with zero attached hydrogens (tertiary/aromatic N) is 1. The monoisotopic (exact) mass is 393 g/mol. The van der Waals surface area contributed by atoms with E-state index in [2.05, 4.69) is 10.0 Å². The van der Waals surface area contributed by atoms with Gasteiger partial charge in [-0.1, -0.05) is 18.2 Å². The Hall–Kier alpha value is -2.98. The number of nitro groups is 1. The van der Waals surface area contributed by atoms with E-state index in [9.17, 15) is 23.3 Å². The predicted molar refractivity (Wildman–Crippen MR) is 99.3 cm³/mol. The Labute approximate surface area is 156 Å². The minimum atomic E-state index is -4.01. The number of methoxy groups -OCH3 is 1. The van der Waals surface area contributed by atoms with E-state index in [-0.39, 0.29) is 29.5 Å². The van der Waals surface area contributed by atoms with Crippen molar-refractivity contribution in [1.82, 2.24) is 4.72 Å². The number of aryl methyl sites for hydroxylation is 1. The number of hydrogen-bond donors (Lipinski definition) is 2. The zero-order valence-electron chi connectivity index (χ0n) is 14.8. The number of para-hydroxylation sites is 1. The van der Waals surface area contributed by atoms with Crippen molar-refractivity contribution in [3.8, 4) is 5.75 Å². The van der Waals surface area contributed by atoms with E-state index in [4.69, 9.17) is 4.74 Å². The van der Waals surface area contributed by atoms with Gasteiger partial charge in [-0.25, -0.2) is 13.1 Å². The van der Waals surface area contributed by atoms with Crippen molar-refractivity contribution < 1.29 is 22.9 Å². The van der Waals surface area contributed by atoms with Gasteiger partial charge < -0.3 is 10.1 Å². The second-order valence-electron chi connectivity index (χ2n) is 5.60. The Morgan fingerprint density at radius 3 is 2.56 bits per heavy atom. The van der Waals surface area contributed by atoms with Crippen LogP contribution >= 0.6 is 0 Å². The average molecular weight is 393 g/mol. The minimum Gasteiger partial charge on any atom is -0.490 e. The summed E-state index contributed by atoms with van der Waals surface area (Å²) in [6, 6.07) is 10.5. The Kier molecular flexibility index (Phi) is 6.48. The molecule has 0 aliphatic heterocycles. The summed E-state index contributed by atoms with van der Waals surface area (Å²) in [7, 11) is -2.76. The number of rotatable bonds is 8. The van der Waals surface area contributed by atoms with Gasteiger partial charge in [-0.05, 0) is 30.7 Å². The molecule has 144 valence electrons. The first kappa shape index (κ1) is 20.3. The Bertz CT molecular complexity index is 959. The number of carbonyl (C=O) groups excluding carboxylic acids is 1. The summed E-state index contributed by atoms with van der Waals surface area (Å²) in [5.74, 6) is -0.399. The molecule has 0 saturated heterocycles. The van der Waals surface area contributed by atoms with Crippen molar-refractivity contribution in [2.24, 2.45) is 0 Å². The van der Waals surface area contributed by atoms with Crippen LogP contribution in [0.1, 0.15) is 12.0 Å². The topological polar surface area (TPSA) is 128 Å². The fourth-order valence-electron chi connectivity index (χ4n) is 2.29. The number of nitro benzene ring substituents is 1. The maximum atomic E-state index is 12.3. The standard InChI is InChI=1S/C17H19N3O6S/c1-12-5-3-4-6-14(12)19-17(21)9-10-18-27(24,25)13-7-8-16(26-2)15(11-13)20(22)23/h3-8,11,18H,9-10H2,1-2H3,(H,19,21). The van der Waals surface area contributed by atoms with Crippen LogP contribution in [0.15, 0.2) is 47.4 Å². The lowest BCUT2D eigenvalue weighted by molar-refractivity contribution is -0.386. The molecule has 0 fully saturated rings. The molecule has 2 aromatic carbocycles. The number of amides is 1. The molecular weight excluding hydrogens is 374 g/mol. The van der Waals surface area contributed by atoms with Gasteiger partial charge in [0.05, 0.1) is 16.9 Å². The van der Waals surface area contributed by atoms with Crippen molar-refractivity contribution in [3.05, 3.63) is 58.1 Å². The van der Waals surface area contributed by atoms with Crippen LogP contribution in [0.5, 0.6) is 5.75 Å². The molecule has 9 nitrogen and oxygen atoms in total. The molecule has 27 heavy (non-hydrogen) atoms. The predicted octanol–water partition coefficient (Wildman–Crippen LogP) is 2.22. The van der Waals surface area contributed by atoms with Crippen molar-refractivity contribution in [2.45, 2.75) is 18.2 Å². The van der Waals surface area contributed by atoms with Gasteiger partial charge in [0.1, 0.15) is 0 Å². The van der Waals surface area contributed by atoms with E-state index in [0.717, 1.165) is 11.6 Å². The summed E-state index contributed by atoms with van der Waals surface area (Å²) in [6.45, 7) is 1.69. The van der Waals surface area contributed by atoms with Crippen LogP contribution in [0.4, 0.5) is 11.4 Å². The van der Waals surface area contributed by atoms with E-state index in [1.165, 1.54) is 19.2 Å². The normalized spacial score (nSPS) is 11.0. The second-order valence-corrected chi connectivity index (χ2v) is 7.37. The SMILES string of the molecule is COc1ccc(S(=O)(=O)NCCC(=O)Nc2ccccc2C)cc1[N+](=O)[O-]. The molecule has 10 heteroatoms. The number of anilines is 1. The van der Waals surface area contributed by atoms with E-state index in [1.54, 1.807) is 12.1 Å². The van der Waals surface area contributed by atoms with Crippen LogP contribution in [-0.2, 0) is 14.8 Å². The summed E-state index contributed by atoms with van der Waals surface area (Å²) < 4.78 is 31.7. The van der Waals surface area contributed by atoms with Crippen molar-refractivity contribution in [2.75, 3.05) is 19.0 Å². The van der Waals surface area contributed by atoms with Crippen molar-refractivity contribution in [3.63, 3.8) is 0 Å². The fourth-order valence-corrected chi connectivity index (χ4v) is 3.34. The molecule has 2 aromatic rings. The fraction of sp³-hybridized carbons (Fsp3) is 0.235. The van der Waals surface area contributed by atoms with E-state index >= 15 is 0 Å². The number of carbonyl (C=O) groups is 1. The summed E-state index contributed by atoms with van der Waals surface area (Å²) in [5.41, 5.74) is 1.07. The quantitative estimate of drug-likeness (QED) is 0.523. The molecule has 2 N–H and O–H groups in total. The third-order valence-electron chi connectivity index (χ3n) is 3.72. The highest BCUT2D eigenvalue weighted by atomic mass is 32.2. The maximum Gasteiger partial charge on any atom is 0.312 e. The molecule has 0 bridgehead atoms. The summed E-state index contributed by atoms with van der Waals surface area (Å²) >= 11 is 0. The second kappa shape index (κ2) is 8.60. The molecule has 1 amide bonds. The molecule has 0 unspecified atom stereocenters. The van der Waals surface area contributed by atoms with E-state index < -0.39 is 20.6 Å². The lowest BCUT2D eigenvalue weighted by Crippen LogP contribution is -2.28. The van der Waals surface area contributed by atoms with Crippen molar-refractivity contribution >= 4 is 27.3 Å². The van der Waals surface area contributed by atoms with E-state index in [1.807, 2.05) is 19.1 Å². The largest absolute Gasteiger partial charge is 0.490 e. The molecular formula is C17H19N3O6S. The highest BCUT2D eigenvalue weighted by Gasteiger charge is 2.22. The zero-order valence-corrected chi connectivity index (χ0v) is 15.6. The first-order valence-electron chi connectivity index (χ1n) is 7.92. The summed E-state index contributed by atoms with van der Waals surface area (Å²) in [5, 5.41) is 13.7. The lowest BCUT2D eigenvalue weighted by Gasteiger charge is -2.10. The minimum absolute atomic E-state index is 0.0449. The molecule has 0 heterocycles. The number of ether oxygens (including phenoxy) is 1. The van der Waals surface area contributed by atoms with Crippen LogP contribution in [0, 0.1) is 17.0 Å². The third kappa shape index (κ3) is 5.25. The van der Waals surface area contributed by atoms with Gasteiger partial charge in [-0.3, -0.25) is 14.9 Å². The number of hydrogen-bond acceptors (Lipinski definition) is 6. The zero-order chi connectivity index (χ0) is 20.0. The molecule has 0 spiro atoms. The van der Waals surface area contributed by atoms with Crippen LogP contribution in [0.25, 0.3) is 0 Å². The van der Waals surface area contributed by atoms with Gasteiger partial charge in [0.2, 0.25) is 15.9 Å². The smallest absolute Gasteiger partial charge is 0.312 e. The van der Waals surface area contributed by atoms with Gasteiger partial charge >= 0.3 is 5.69 Å². The maximum absolute atomic E-state index is 12.3. The molecule has 2 rings (SSSR count). The molecule has 0 saturated carbocycles. The highest BCUT2D eigenvalue weighted by molar-refractivity contribution is 7.89. The van der Waals surface area contributed by atoms with Gasteiger partial charge in [0.25, 0.3) is 0 Å². The molecule has 0 aliphatic carbocycles. The van der Waals surface area contributed by atoms with Crippen LogP contribution in [0.3, 0.4) is 0 Å². The van der Waals surface area contributed by atoms with Gasteiger partial charge in [0, 0.05) is 24.7 Å². The number of benzene rings is 2. The molecule has 0 aliphatic rings. The van der Waals surface area contributed by atoms with Gasteiger partial charge in [-0.15, -0.1) is 0 Å². The van der Waals surface area contributed by atoms with Crippen LogP contribution in [0.2, 0.25) is 0 Å². The summed E-state index contributed by atoms with van der Waals surface area (Å²) in [6.07, 6.45) is -0.0915. The van der Waals surface area contributed by atoms with Crippen LogP contribution < -0.4 is 14.8 Å². The first-order valence-corrected chi connectivity index (χ1v) is 9.40. The third-order valence-corrected chi connectivity index (χ3v) is 5.18. The summed E-state index contributed by atoms with van der Waals surface area (Å²) in [4.78, 5) is 22.0. The Balaban J connectivity index is 2.00. The van der Waals surface area contributed by atoms with Crippen LogP contribution in [-0.4, -0.2) is 32.9 Å².